The molecular formula is C26H28N2O5S. The van der Waals surface area contributed by atoms with E-state index in [0.29, 0.717) is 17.7 Å². The van der Waals surface area contributed by atoms with E-state index in [1.165, 1.54) is 29.1 Å². The summed E-state index contributed by atoms with van der Waals surface area (Å²) in [6.45, 7) is 7.36. The Morgan fingerprint density at radius 1 is 1.26 bits per heavy atom. The van der Waals surface area contributed by atoms with Gasteiger partial charge in [-0.05, 0) is 44.9 Å². The number of pyridine rings is 1. The molecule has 0 fully saturated rings. The van der Waals surface area contributed by atoms with Gasteiger partial charge in [0.25, 0.3) is 5.56 Å². The van der Waals surface area contributed by atoms with Crippen LogP contribution in [0.2, 0.25) is 0 Å². The summed E-state index contributed by atoms with van der Waals surface area (Å²) in [6, 6.07) is 7.78. The highest BCUT2D eigenvalue weighted by Gasteiger charge is 2.25. The molecule has 8 heteroatoms. The molecule has 0 amide bonds. The summed E-state index contributed by atoms with van der Waals surface area (Å²) in [7, 11) is 1.64. The van der Waals surface area contributed by atoms with Crippen LogP contribution in [-0.2, 0) is 22.5 Å². The number of thiophene rings is 1. The molecule has 3 aromatic heterocycles. The minimum atomic E-state index is -0.310. The van der Waals surface area contributed by atoms with Crippen LogP contribution in [0.5, 0.6) is 5.75 Å². The number of aromatic nitrogens is 2. The smallest absolute Gasteiger partial charge is 0.259 e. The third-order valence-corrected chi connectivity index (χ3v) is 6.93. The molecule has 4 rings (SSSR count). The van der Waals surface area contributed by atoms with Crippen LogP contribution in [0.4, 0.5) is 0 Å². The topological polar surface area (TPSA) is 83.6 Å². The predicted molar refractivity (Wildman–Crippen MR) is 133 cm³/mol. The highest BCUT2D eigenvalue weighted by Crippen LogP contribution is 2.40. The molecule has 0 aliphatic rings. The van der Waals surface area contributed by atoms with Crippen LogP contribution < -0.4 is 10.3 Å². The van der Waals surface area contributed by atoms with Crippen LogP contribution in [0, 0.1) is 6.92 Å². The molecule has 1 atom stereocenters. The number of rotatable bonds is 9. The van der Waals surface area contributed by atoms with Crippen molar-refractivity contribution in [3.05, 3.63) is 70.0 Å². The molecule has 0 aliphatic carbocycles. The number of para-hydroxylation sites is 1. The number of ketones is 1. The molecule has 0 aliphatic heterocycles. The minimum Gasteiger partial charge on any atom is -0.496 e. The minimum absolute atomic E-state index is 0.00968. The fourth-order valence-corrected chi connectivity index (χ4v) is 5.44. The number of aryl methyl sites for hydroxylation is 1. The molecule has 0 radical (unpaired) electrons. The summed E-state index contributed by atoms with van der Waals surface area (Å²) in [5.74, 6) is 1.12. The number of carbonyl (C=O) groups is 1. The standard InChI is InChI=1S/C26H28N2O5S/c1-15(2)33-21(19-8-6-7-9-20(19)31-5)12-18-14-28(13-16(3)29)26(30)22-17(4)23(34-24(18)22)25-27-10-11-32-25/h6-11,14-15,21H,12-13H2,1-5H3/t21-/m0/s1. The van der Waals surface area contributed by atoms with Crippen LogP contribution in [0.3, 0.4) is 0 Å². The lowest BCUT2D eigenvalue weighted by Gasteiger charge is -2.23. The lowest BCUT2D eigenvalue weighted by molar-refractivity contribution is -0.117. The highest BCUT2D eigenvalue weighted by atomic mass is 32.1. The molecule has 0 bridgehead atoms. The van der Waals surface area contributed by atoms with E-state index in [2.05, 4.69) is 4.98 Å². The number of fused-ring (bicyclic) bond motifs is 1. The molecule has 0 unspecified atom stereocenters. The first-order valence-corrected chi connectivity index (χ1v) is 11.9. The van der Waals surface area contributed by atoms with Crippen LogP contribution >= 0.6 is 11.3 Å². The molecular weight excluding hydrogens is 452 g/mol. The number of nitrogens with zero attached hydrogens (tertiary/aromatic N) is 2. The predicted octanol–water partition coefficient (Wildman–Crippen LogP) is 5.33. The molecule has 178 valence electrons. The molecule has 4 aromatic rings. The van der Waals surface area contributed by atoms with E-state index in [4.69, 9.17) is 13.9 Å². The second-order valence-electron chi connectivity index (χ2n) is 8.51. The SMILES string of the molecule is COc1ccccc1[C@H](Cc1cn(CC(C)=O)c(=O)c2c(C)c(-c3ncco3)sc12)OC(C)C. The lowest BCUT2D eigenvalue weighted by Crippen LogP contribution is -2.24. The van der Waals surface area contributed by atoms with Crippen LogP contribution in [0.15, 0.2) is 52.1 Å². The number of methoxy groups -OCH3 is 1. The number of carbonyl (C=O) groups excluding carboxylic acids is 1. The first kappa shape index (κ1) is 23.9. The fraction of sp³-hybridized carbons (Fsp3) is 0.346. The molecule has 1 aromatic carbocycles. The van der Waals surface area contributed by atoms with Gasteiger partial charge in [0.05, 0.1) is 42.3 Å². The summed E-state index contributed by atoms with van der Waals surface area (Å²) in [5, 5.41) is 0.584. The Balaban J connectivity index is 1.92. The second-order valence-corrected chi connectivity index (χ2v) is 9.53. The van der Waals surface area contributed by atoms with Crippen LogP contribution in [0.1, 0.15) is 43.6 Å². The largest absolute Gasteiger partial charge is 0.496 e. The Morgan fingerprint density at radius 2 is 2.03 bits per heavy atom. The zero-order valence-electron chi connectivity index (χ0n) is 20.0. The zero-order chi connectivity index (χ0) is 24.4. The van der Waals surface area contributed by atoms with Gasteiger partial charge in [-0.2, -0.15) is 0 Å². The van der Waals surface area contributed by atoms with Gasteiger partial charge < -0.3 is 18.5 Å². The van der Waals surface area contributed by atoms with E-state index >= 15 is 0 Å². The molecule has 3 heterocycles. The third kappa shape index (κ3) is 4.69. The first-order chi connectivity index (χ1) is 16.3. The quantitative estimate of drug-likeness (QED) is 0.322. The Morgan fingerprint density at radius 3 is 2.68 bits per heavy atom. The molecule has 0 N–H and O–H groups in total. The zero-order valence-corrected chi connectivity index (χ0v) is 20.8. The van der Waals surface area contributed by atoms with E-state index in [-0.39, 0.29) is 30.1 Å². The highest BCUT2D eigenvalue weighted by molar-refractivity contribution is 7.22. The van der Waals surface area contributed by atoms with Gasteiger partial charge in [0.1, 0.15) is 17.8 Å². The summed E-state index contributed by atoms with van der Waals surface area (Å²) in [6.07, 6.45) is 5.05. The fourth-order valence-electron chi connectivity index (χ4n) is 4.18. The first-order valence-electron chi connectivity index (χ1n) is 11.1. The van der Waals surface area contributed by atoms with Gasteiger partial charge in [0.2, 0.25) is 5.89 Å². The number of benzene rings is 1. The number of Topliss-reactive ketones (excluding diaryl/α,β-unsaturated/α-hetero) is 1. The Bertz CT molecular complexity index is 1370. The number of hydrogen-bond acceptors (Lipinski definition) is 7. The summed E-state index contributed by atoms with van der Waals surface area (Å²) < 4.78 is 19.8. The maximum Gasteiger partial charge on any atom is 0.259 e. The monoisotopic (exact) mass is 480 g/mol. The van der Waals surface area contributed by atoms with Crippen molar-refractivity contribution in [2.24, 2.45) is 0 Å². The van der Waals surface area contributed by atoms with Crippen molar-refractivity contribution in [2.45, 2.75) is 52.9 Å². The van der Waals surface area contributed by atoms with E-state index in [9.17, 15) is 9.59 Å². The summed E-state index contributed by atoms with van der Waals surface area (Å²) in [5.41, 5.74) is 2.44. The number of ether oxygens (including phenoxy) is 2. The van der Waals surface area contributed by atoms with E-state index in [1.54, 1.807) is 19.5 Å². The molecule has 7 nitrogen and oxygen atoms in total. The average molecular weight is 481 g/mol. The Kier molecular flexibility index (Phi) is 7.00. The average Bonchev–Trinajstić information content (AvgIpc) is 3.44. The van der Waals surface area contributed by atoms with E-state index in [0.717, 1.165) is 32.0 Å². The van der Waals surface area contributed by atoms with Gasteiger partial charge in [-0.15, -0.1) is 11.3 Å². The van der Waals surface area contributed by atoms with Crippen molar-refractivity contribution in [1.29, 1.82) is 0 Å². The van der Waals surface area contributed by atoms with Crippen LogP contribution in [0.25, 0.3) is 20.9 Å². The van der Waals surface area contributed by atoms with Gasteiger partial charge in [-0.25, -0.2) is 4.98 Å². The summed E-state index contributed by atoms with van der Waals surface area (Å²) >= 11 is 1.47. The molecule has 0 saturated heterocycles. The van der Waals surface area contributed by atoms with Crippen molar-refractivity contribution in [3.8, 4) is 16.5 Å². The maximum atomic E-state index is 13.4. The lowest BCUT2D eigenvalue weighted by atomic mass is 9.99. The van der Waals surface area contributed by atoms with Gasteiger partial charge in [0, 0.05) is 22.9 Å². The second kappa shape index (κ2) is 9.95. The molecule has 0 saturated carbocycles. The third-order valence-electron chi connectivity index (χ3n) is 5.57. The van der Waals surface area contributed by atoms with Crippen molar-refractivity contribution in [3.63, 3.8) is 0 Å². The normalized spacial score (nSPS) is 12.4. The maximum absolute atomic E-state index is 13.4. The van der Waals surface area contributed by atoms with E-state index in [1.807, 2.05) is 45.0 Å². The van der Waals surface area contributed by atoms with Gasteiger partial charge in [-0.3, -0.25) is 9.59 Å². The van der Waals surface area contributed by atoms with Gasteiger partial charge >= 0.3 is 0 Å². The Labute approximate surface area is 202 Å². The van der Waals surface area contributed by atoms with Gasteiger partial charge in [0.15, 0.2) is 0 Å². The number of hydrogen-bond donors (Lipinski definition) is 0. The van der Waals surface area contributed by atoms with E-state index < -0.39 is 0 Å². The Hall–Kier alpha value is -3.23. The molecule has 0 spiro atoms. The van der Waals surface area contributed by atoms with Crippen molar-refractivity contribution >= 4 is 27.2 Å². The van der Waals surface area contributed by atoms with Gasteiger partial charge in [-0.1, -0.05) is 18.2 Å². The van der Waals surface area contributed by atoms with Crippen molar-refractivity contribution in [2.75, 3.05) is 7.11 Å². The van der Waals surface area contributed by atoms with Crippen molar-refractivity contribution in [1.82, 2.24) is 9.55 Å². The number of oxazole rings is 1. The molecule has 34 heavy (non-hydrogen) atoms. The van der Waals surface area contributed by atoms with Crippen molar-refractivity contribution < 1.29 is 18.7 Å². The van der Waals surface area contributed by atoms with Crippen LogP contribution in [-0.4, -0.2) is 28.5 Å². The summed E-state index contributed by atoms with van der Waals surface area (Å²) in [4.78, 5) is 30.4.